The quantitative estimate of drug-likeness (QED) is 0.787. The van der Waals surface area contributed by atoms with Crippen molar-refractivity contribution in [1.82, 2.24) is 15.8 Å². The Labute approximate surface area is 163 Å². The van der Waals surface area contributed by atoms with Gasteiger partial charge in [0.15, 0.2) is 0 Å². The molecule has 6 heteroatoms. The fraction of sp³-hybridized carbons (Fsp3) is 0.318. The largest absolute Gasteiger partial charge is 0.344 e. The van der Waals surface area contributed by atoms with E-state index in [1.54, 1.807) is 13.0 Å². The Morgan fingerprint density at radius 3 is 2.64 bits per heavy atom. The summed E-state index contributed by atoms with van der Waals surface area (Å²) in [6, 6.07) is 14.7. The first-order valence-electron chi connectivity index (χ1n) is 9.60. The number of amides is 4. The molecule has 6 nitrogen and oxygen atoms in total. The lowest BCUT2D eigenvalue weighted by molar-refractivity contribution is -0.132. The third-order valence-corrected chi connectivity index (χ3v) is 5.59. The molecule has 4 amide bonds. The summed E-state index contributed by atoms with van der Waals surface area (Å²) in [4.78, 5) is 37.8. The normalized spacial score (nSPS) is 20.8. The smallest absolute Gasteiger partial charge is 0.322 e. The molecule has 1 saturated heterocycles. The standard InChI is InChI=1S/C22H23N3O3/c1-22(13-12-15-6-3-2-4-7-15)20(27)25(21(28)23-22)24-19(26)18-11-10-16-8-5-9-17(16)14-18/h2-4,6-7,10-11,14H,5,8-9,12-13H2,1H3,(H,23,28)(H,24,26). The minimum Gasteiger partial charge on any atom is -0.322 e. The van der Waals surface area contributed by atoms with Crippen LogP contribution in [0.2, 0.25) is 0 Å². The van der Waals surface area contributed by atoms with Crippen molar-refractivity contribution in [3.8, 4) is 0 Å². The second-order valence-corrected chi connectivity index (χ2v) is 7.67. The van der Waals surface area contributed by atoms with Gasteiger partial charge in [-0.25, -0.2) is 4.79 Å². The fourth-order valence-corrected chi connectivity index (χ4v) is 3.87. The van der Waals surface area contributed by atoms with E-state index in [9.17, 15) is 14.4 Å². The monoisotopic (exact) mass is 377 g/mol. The molecule has 0 saturated carbocycles. The van der Waals surface area contributed by atoms with E-state index in [0.29, 0.717) is 18.4 Å². The molecule has 2 aliphatic rings. The minimum absolute atomic E-state index is 0.442. The van der Waals surface area contributed by atoms with E-state index < -0.39 is 23.4 Å². The molecule has 1 aliphatic carbocycles. The van der Waals surface area contributed by atoms with Crippen LogP contribution >= 0.6 is 0 Å². The minimum atomic E-state index is -1.04. The Morgan fingerprint density at radius 1 is 1.11 bits per heavy atom. The zero-order chi connectivity index (χ0) is 19.7. The first-order chi connectivity index (χ1) is 13.5. The zero-order valence-electron chi connectivity index (χ0n) is 15.8. The van der Waals surface area contributed by atoms with Crippen LogP contribution in [0.3, 0.4) is 0 Å². The van der Waals surface area contributed by atoms with Crippen molar-refractivity contribution in [2.45, 2.75) is 44.6 Å². The Morgan fingerprint density at radius 2 is 1.86 bits per heavy atom. The summed E-state index contributed by atoms with van der Waals surface area (Å²) in [5.41, 5.74) is 5.40. The Hall–Kier alpha value is -3.15. The van der Waals surface area contributed by atoms with Crippen LogP contribution in [0.15, 0.2) is 48.5 Å². The van der Waals surface area contributed by atoms with Crippen LogP contribution in [0.25, 0.3) is 0 Å². The topological polar surface area (TPSA) is 78.5 Å². The summed E-state index contributed by atoms with van der Waals surface area (Å²) in [5.74, 6) is -0.895. The molecular weight excluding hydrogens is 354 g/mol. The van der Waals surface area contributed by atoms with Crippen molar-refractivity contribution in [3.63, 3.8) is 0 Å². The van der Waals surface area contributed by atoms with Crippen molar-refractivity contribution < 1.29 is 14.4 Å². The highest BCUT2D eigenvalue weighted by Crippen LogP contribution is 2.24. The van der Waals surface area contributed by atoms with Gasteiger partial charge < -0.3 is 5.32 Å². The first-order valence-corrected chi connectivity index (χ1v) is 9.60. The van der Waals surface area contributed by atoms with Crippen LogP contribution in [0.5, 0.6) is 0 Å². The summed E-state index contributed by atoms with van der Waals surface area (Å²) in [6.45, 7) is 1.69. The predicted octanol–water partition coefficient (Wildman–Crippen LogP) is 2.76. The molecular formula is C22H23N3O3. The van der Waals surface area contributed by atoms with Crippen LogP contribution < -0.4 is 10.7 Å². The zero-order valence-corrected chi connectivity index (χ0v) is 15.8. The highest BCUT2D eigenvalue weighted by Gasteiger charge is 2.48. The van der Waals surface area contributed by atoms with Gasteiger partial charge in [0.2, 0.25) is 0 Å². The van der Waals surface area contributed by atoms with Gasteiger partial charge in [0, 0.05) is 5.56 Å². The van der Waals surface area contributed by atoms with E-state index >= 15 is 0 Å². The summed E-state index contributed by atoms with van der Waals surface area (Å²) in [7, 11) is 0. The van der Waals surface area contributed by atoms with Crippen molar-refractivity contribution >= 4 is 17.8 Å². The lowest BCUT2D eigenvalue weighted by atomic mass is 9.93. The van der Waals surface area contributed by atoms with Gasteiger partial charge in [0.25, 0.3) is 11.8 Å². The molecule has 0 spiro atoms. The van der Waals surface area contributed by atoms with E-state index in [4.69, 9.17) is 0 Å². The molecule has 1 unspecified atom stereocenters. The maximum absolute atomic E-state index is 12.8. The van der Waals surface area contributed by atoms with E-state index in [1.165, 1.54) is 5.56 Å². The van der Waals surface area contributed by atoms with Crippen molar-refractivity contribution in [2.75, 3.05) is 0 Å². The van der Waals surface area contributed by atoms with Crippen LogP contribution in [0, 0.1) is 0 Å². The lowest BCUT2D eigenvalue weighted by Crippen LogP contribution is -2.49. The average Bonchev–Trinajstić information content (AvgIpc) is 3.25. The molecule has 28 heavy (non-hydrogen) atoms. The number of hydrogen-bond donors (Lipinski definition) is 2. The number of fused-ring (bicyclic) bond motifs is 1. The molecule has 0 radical (unpaired) electrons. The highest BCUT2D eigenvalue weighted by molar-refractivity contribution is 6.09. The van der Waals surface area contributed by atoms with Crippen molar-refractivity contribution in [3.05, 3.63) is 70.8 Å². The van der Waals surface area contributed by atoms with Gasteiger partial charge in [-0.15, -0.1) is 0 Å². The number of hydrazine groups is 1. The summed E-state index contributed by atoms with van der Waals surface area (Å²) < 4.78 is 0. The van der Waals surface area contributed by atoms with Gasteiger partial charge in [0.1, 0.15) is 5.54 Å². The number of carbonyl (C=O) groups is 3. The first kappa shape index (κ1) is 18.2. The van der Waals surface area contributed by atoms with E-state index in [1.807, 2.05) is 42.5 Å². The molecule has 2 aromatic carbocycles. The number of hydrogen-bond acceptors (Lipinski definition) is 3. The second kappa shape index (κ2) is 7.11. The maximum atomic E-state index is 12.8. The third kappa shape index (κ3) is 3.38. The number of imide groups is 1. The summed E-state index contributed by atoms with van der Waals surface area (Å²) >= 11 is 0. The number of urea groups is 1. The Bertz CT molecular complexity index is 941. The molecule has 0 aromatic heterocycles. The molecule has 2 aromatic rings. The molecule has 1 atom stereocenters. The lowest BCUT2D eigenvalue weighted by Gasteiger charge is -2.21. The number of carbonyl (C=O) groups excluding carboxylic acids is 3. The maximum Gasteiger partial charge on any atom is 0.344 e. The van der Waals surface area contributed by atoms with Gasteiger partial charge >= 0.3 is 6.03 Å². The molecule has 4 rings (SSSR count). The summed E-state index contributed by atoms with van der Waals surface area (Å²) in [6.07, 6.45) is 4.18. The van der Waals surface area contributed by atoms with E-state index in [-0.39, 0.29) is 0 Å². The molecule has 1 fully saturated rings. The van der Waals surface area contributed by atoms with Gasteiger partial charge in [-0.1, -0.05) is 36.4 Å². The Balaban J connectivity index is 1.44. The van der Waals surface area contributed by atoms with Crippen LogP contribution in [-0.4, -0.2) is 28.4 Å². The van der Waals surface area contributed by atoms with E-state index in [2.05, 4.69) is 10.7 Å². The van der Waals surface area contributed by atoms with Gasteiger partial charge in [0.05, 0.1) is 0 Å². The molecule has 1 aliphatic heterocycles. The fourth-order valence-electron chi connectivity index (χ4n) is 3.87. The van der Waals surface area contributed by atoms with Crippen molar-refractivity contribution in [2.24, 2.45) is 0 Å². The molecule has 1 heterocycles. The molecule has 2 N–H and O–H groups in total. The van der Waals surface area contributed by atoms with E-state index in [0.717, 1.165) is 35.4 Å². The third-order valence-electron chi connectivity index (χ3n) is 5.59. The van der Waals surface area contributed by atoms with Gasteiger partial charge in [-0.05, 0) is 67.9 Å². The number of nitrogens with zero attached hydrogens (tertiary/aromatic N) is 1. The Kier molecular flexibility index (Phi) is 4.63. The molecule has 144 valence electrons. The van der Waals surface area contributed by atoms with Crippen molar-refractivity contribution in [1.29, 1.82) is 0 Å². The number of aryl methyl sites for hydroxylation is 3. The molecule has 0 bridgehead atoms. The van der Waals surface area contributed by atoms with Gasteiger partial charge in [-0.2, -0.15) is 5.01 Å². The SMILES string of the molecule is CC1(CCc2ccccc2)NC(=O)N(NC(=O)c2ccc3c(c2)CCC3)C1=O. The number of benzene rings is 2. The number of nitrogens with one attached hydrogen (secondary N) is 2. The predicted molar refractivity (Wildman–Crippen MR) is 104 cm³/mol. The van der Waals surface area contributed by atoms with Crippen LogP contribution in [0.4, 0.5) is 4.79 Å². The average molecular weight is 377 g/mol. The van der Waals surface area contributed by atoms with Crippen LogP contribution in [-0.2, 0) is 24.1 Å². The van der Waals surface area contributed by atoms with Gasteiger partial charge in [-0.3, -0.25) is 15.0 Å². The highest BCUT2D eigenvalue weighted by atomic mass is 16.2. The second-order valence-electron chi connectivity index (χ2n) is 7.67. The summed E-state index contributed by atoms with van der Waals surface area (Å²) in [5, 5.41) is 3.53. The number of rotatable bonds is 5. The van der Waals surface area contributed by atoms with Crippen LogP contribution in [0.1, 0.15) is 46.8 Å².